The molecule has 0 saturated heterocycles. The van der Waals surface area contributed by atoms with Crippen LogP contribution in [0.3, 0.4) is 0 Å². The number of urea groups is 1. The van der Waals surface area contributed by atoms with Crippen LogP contribution in [0.2, 0.25) is 0 Å². The molecule has 1 saturated carbocycles. The summed E-state index contributed by atoms with van der Waals surface area (Å²) in [6.45, 7) is 0.255. The number of hydrogen-bond donors (Lipinski definition) is 3. The van der Waals surface area contributed by atoms with Crippen LogP contribution in [0.5, 0.6) is 0 Å². The molecule has 0 aliphatic heterocycles. The summed E-state index contributed by atoms with van der Waals surface area (Å²) in [5, 5.41) is 4.69. The van der Waals surface area contributed by atoms with Gasteiger partial charge in [-0.2, -0.15) is 13.2 Å². The van der Waals surface area contributed by atoms with Crippen LogP contribution in [0.1, 0.15) is 18.4 Å². The van der Waals surface area contributed by atoms with E-state index in [0.717, 1.165) is 18.9 Å². The molecule has 4 N–H and O–H groups in total. The van der Waals surface area contributed by atoms with Crippen molar-refractivity contribution in [2.45, 2.75) is 25.1 Å². The zero-order chi connectivity index (χ0) is 14.8. The Bertz CT molecular complexity index is 486. The predicted molar refractivity (Wildman–Crippen MR) is 69.2 cm³/mol. The van der Waals surface area contributed by atoms with Crippen molar-refractivity contribution in [3.63, 3.8) is 0 Å². The molecule has 1 aliphatic rings. The maximum atomic E-state index is 12.7. The zero-order valence-electron chi connectivity index (χ0n) is 10.7. The first kappa shape index (κ1) is 14.6. The maximum Gasteiger partial charge on any atom is 0.418 e. The quantitative estimate of drug-likeness (QED) is 0.796. The largest absolute Gasteiger partial charge is 0.418 e. The molecule has 0 radical (unpaired) electrons. The maximum absolute atomic E-state index is 12.7. The minimum atomic E-state index is -4.51. The Hall–Kier alpha value is -1.76. The number of carbonyl (C=O) groups is 1. The van der Waals surface area contributed by atoms with Crippen LogP contribution in [0.25, 0.3) is 0 Å². The second kappa shape index (κ2) is 5.70. The predicted octanol–water partition coefficient (Wildman–Crippen LogP) is 2.56. The van der Waals surface area contributed by atoms with E-state index in [4.69, 9.17) is 5.73 Å². The van der Waals surface area contributed by atoms with Gasteiger partial charge >= 0.3 is 12.2 Å². The number of amides is 2. The molecule has 4 nitrogen and oxygen atoms in total. The lowest BCUT2D eigenvalue weighted by Gasteiger charge is -2.15. The summed E-state index contributed by atoms with van der Waals surface area (Å²) in [7, 11) is 0. The number of rotatable bonds is 4. The summed E-state index contributed by atoms with van der Waals surface area (Å²) in [5.74, 6) is 0.415. The number of nitrogens with two attached hydrogens (primary N) is 1. The minimum Gasteiger partial charge on any atom is -0.336 e. The van der Waals surface area contributed by atoms with Crippen molar-refractivity contribution in [1.29, 1.82) is 0 Å². The highest BCUT2D eigenvalue weighted by molar-refractivity contribution is 5.90. The van der Waals surface area contributed by atoms with E-state index in [-0.39, 0.29) is 18.3 Å². The molecule has 1 fully saturated rings. The second-order valence-electron chi connectivity index (χ2n) is 4.88. The molecule has 1 aromatic rings. The lowest BCUT2D eigenvalue weighted by atomic mass is 10.1. The third-order valence-electron chi connectivity index (χ3n) is 3.21. The minimum absolute atomic E-state index is 0.140. The van der Waals surface area contributed by atoms with E-state index in [9.17, 15) is 18.0 Å². The van der Waals surface area contributed by atoms with Crippen molar-refractivity contribution in [2.75, 3.05) is 11.9 Å². The van der Waals surface area contributed by atoms with Crippen LogP contribution in [-0.2, 0) is 6.18 Å². The molecule has 0 bridgehead atoms. The van der Waals surface area contributed by atoms with Gasteiger partial charge in [0.25, 0.3) is 0 Å². The molecule has 7 heteroatoms. The van der Waals surface area contributed by atoms with E-state index in [1.807, 2.05) is 0 Å². The van der Waals surface area contributed by atoms with Crippen LogP contribution in [-0.4, -0.2) is 18.6 Å². The Morgan fingerprint density at radius 3 is 2.60 bits per heavy atom. The Balaban J connectivity index is 1.93. The van der Waals surface area contributed by atoms with E-state index in [1.54, 1.807) is 0 Å². The molecule has 2 amide bonds. The molecule has 0 aromatic heterocycles. The van der Waals surface area contributed by atoms with Gasteiger partial charge in [0.2, 0.25) is 0 Å². The standard InChI is InChI=1S/C13H16F3N3O/c14-13(15,16)9-3-1-2-4-11(9)19-12(20)18-7-10(17)8-5-6-8/h1-4,8,10H,5-7,17H2,(H2,18,19,20). The molecule has 1 unspecified atom stereocenters. The number of halogens is 3. The monoisotopic (exact) mass is 287 g/mol. The fourth-order valence-corrected chi connectivity index (χ4v) is 1.91. The Kier molecular flexibility index (Phi) is 4.17. The highest BCUT2D eigenvalue weighted by Crippen LogP contribution is 2.34. The van der Waals surface area contributed by atoms with Crippen molar-refractivity contribution in [1.82, 2.24) is 5.32 Å². The fraction of sp³-hybridized carbons (Fsp3) is 0.462. The van der Waals surface area contributed by atoms with Gasteiger partial charge in [-0.05, 0) is 30.9 Å². The van der Waals surface area contributed by atoms with E-state index >= 15 is 0 Å². The van der Waals surface area contributed by atoms with Crippen molar-refractivity contribution in [3.05, 3.63) is 29.8 Å². The van der Waals surface area contributed by atoms with Crippen LogP contribution >= 0.6 is 0 Å². The van der Waals surface area contributed by atoms with Gasteiger partial charge in [0.05, 0.1) is 11.3 Å². The van der Waals surface area contributed by atoms with Gasteiger partial charge in [-0.15, -0.1) is 0 Å². The molecule has 0 spiro atoms. The molecule has 2 rings (SSSR count). The summed E-state index contributed by atoms with van der Waals surface area (Å²) in [5.41, 5.74) is 4.66. The molecule has 20 heavy (non-hydrogen) atoms. The molecular weight excluding hydrogens is 271 g/mol. The van der Waals surface area contributed by atoms with Crippen molar-refractivity contribution in [3.8, 4) is 0 Å². The zero-order valence-corrected chi connectivity index (χ0v) is 10.7. The fourth-order valence-electron chi connectivity index (χ4n) is 1.91. The van der Waals surface area contributed by atoms with Crippen LogP contribution in [0.15, 0.2) is 24.3 Å². The molecule has 1 aliphatic carbocycles. The summed E-state index contributed by atoms with van der Waals surface area (Å²) >= 11 is 0. The number of anilines is 1. The van der Waals surface area contributed by atoms with Crippen molar-refractivity contribution in [2.24, 2.45) is 11.7 Å². The van der Waals surface area contributed by atoms with Gasteiger partial charge < -0.3 is 16.4 Å². The molecule has 1 aromatic carbocycles. The van der Waals surface area contributed by atoms with Gasteiger partial charge in [-0.3, -0.25) is 0 Å². The second-order valence-corrected chi connectivity index (χ2v) is 4.88. The first-order valence-corrected chi connectivity index (χ1v) is 6.34. The van der Waals surface area contributed by atoms with Crippen LogP contribution in [0, 0.1) is 5.92 Å². The van der Waals surface area contributed by atoms with Gasteiger partial charge in [0.1, 0.15) is 0 Å². The topological polar surface area (TPSA) is 67.1 Å². The average molecular weight is 287 g/mol. The average Bonchev–Trinajstić information content (AvgIpc) is 3.19. The summed E-state index contributed by atoms with van der Waals surface area (Å²) < 4.78 is 38.2. The number of para-hydroxylation sites is 1. The van der Waals surface area contributed by atoms with Crippen LogP contribution in [0.4, 0.5) is 23.7 Å². The van der Waals surface area contributed by atoms with Crippen molar-refractivity contribution < 1.29 is 18.0 Å². The van der Waals surface area contributed by atoms with Crippen molar-refractivity contribution >= 4 is 11.7 Å². The Morgan fingerprint density at radius 1 is 1.35 bits per heavy atom. The van der Waals surface area contributed by atoms with Gasteiger partial charge in [-0.1, -0.05) is 12.1 Å². The van der Waals surface area contributed by atoms with E-state index in [2.05, 4.69) is 10.6 Å². The lowest BCUT2D eigenvalue weighted by Crippen LogP contribution is -2.40. The molecule has 110 valence electrons. The molecule has 0 heterocycles. The van der Waals surface area contributed by atoms with E-state index in [0.29, 0.717) is 5.92 Å². The highest BCUT2D eigenvalue weighted by Gasteiger charge is 2.33. The molecule has 1 atom stereocenters. The van der Waals surface area contributed by atoms with Gasteiger partial charge in [-0.25, -0.2) is 4.79 Å². The lowest BCUT2D eigenvalue weighted by molar-refractivity contribution is -0.136. The van der Waals surface area contributed by atoms with Gasteiger partial charge in [0, 0.05) is 12.6 Å². The van der Waals surface area contributed by atoms with E-state index < -0.39 is 17.8 Å². The normalized spacial score (nSPS) is 16.6. The first-order chi connectivity index (χ1) is 9.38. The highest BCUT2D eigenvalue weighted by atomic mass is 19.4. The number of benzene rings is 1. The third kappa shape index (κ3) is 3.86. The first-order valence-electron chi connectivity index (χ1n) is 6.34. The Labute approximate surface area is 114 Å². The summed E-state index contributed by atoms with van der Waals surface area (Å²) in [4.78, 5) is 11.6. The smallest absolute Gasteiger partial charge is 0.336 e. The number of nitrogens with one attached hydrogen (secondary N) is 2. The number of carbonyl (C=O) groups excluding carboxylic acids is 1. The number of hydrogen-bond acceptors (Lipinski definition) is 2. The van der Waals surface area contributed by atoms with Crippen LogP contribution < -0.4 is 16.4 Å². The van der Waals surface area contributed by atoms with E-state index in [1.165, 1.54) is 18.2 Å². The summed E-state index contributed by atoms with van der Waals surface area (Å²) in [6.07, 6.45) is -2.42. The number of alkyl halides is 3. The molecular formula is C13H16F3N3O. The Morgan fingerprint density at radius 2 is 2.00 bits per heavy atom. The third-order valence-corrected chi connectivity index (χ3v) is 3.21. The summed E-state index contributed by atoms with van der Waals surface area (Å²) in [6, 6.07) is 4.01. The SMILES string of the molecule is NC(CNC(=O)Nc1ccccc1C(F)(F)F)C1CC1. The van der Waals surface area contributed by atoms with Gasteiger partial charge in [0.15, 0.2) is 0 Å².